The number of ketones is 1. The lowest BCUT2D eigenvalue weighted by molar-refractivity contribution is -0.150. The van der Waals surface area contributed by atoms with E-state index in [1.54, 1.807) is 18.1 Å². The van der Waals surface area contributed by atoms with Crippen molar-refractivity contribution in [2.24, 2.45) is 38.9 Å². The predicted octanol–water partition coefficient (Wildman–Crippen LogP) is 7.92. The molecule has 2 fully saturated rings. The highest BCUT2D eigenvalue weighted by atomic mass is 16.4. The van der Waals surface area contributed by atoms with Gasteiger partial charge in [-0.2, -0.15) is 0 Å². The molecule has 6 atom stereocenters. The maximum Gasteiger partial charge on any atom is 0.330 e. The summed E-state index contributed by atoms with van der Waals surface area (Å²) in [6.45, 7) is 18.3. The molecule has 4 aliphatic carbocycles. The van der Waals surface area contributed by atoms with Gasteiger partial charge in [0.1, 0.15) is 5.78 Å². The van der Waals surface area contributed by atoms with Gasteiger partial charge in [0, 0.05) is 17.4 Å². The van der Waals surface area contributed by atoms with Crippen LogP contribution in [-0.2, 0) is 9.59 Å². The third-order valence-electron chi connectivity index (χ3n) is 12.2. The number of aliphatic carboxylic acids is 1. The van der Waals surface area contributed by atoms with Gasteiger partial charge in [0.2, 0.25) is 0 Å². The lowest BCUT2D eigenvalue weighted by Crippen LogP contribution is -2.59. The van der Waals surface area contributed by atoms with Gasteiger partial charge in [0.15, 0.2) is 0 Å². The molecule has 34 heavy (non-hydrogen) atoms. The van der Waals surface area contributed by atoms with Gasteiger partial charge in [-0.25, -0.2) is 4.79 Å². The summed E-state index contributed by atoms with van der Waals surface area (Å²) in [4.78, 5) is 24.1. The average molecular weight is 467 g/mol. The van der Waals surface area contributed by atoms with Gasteiger partial charge in [-0.05, 0) is 96.5 Å². The fourth-order valence-electron chi connectivity index (χ4n) is 8.79. The molecule has 0 heterocycles. The van der Waals surface area contributed by atoms with E-state index in [-0.39, 0.29) is 27.1 Å². The second kappa shape index (κ2) is 7.93. The van der Waals surface area contributed by atoms with E-state index < -0.39 is 5.97 Å². The minimum absolute atomic E-state index is 0.0433. The number of carbonyl (C=O) groups excluding carboxylic acids is 1. The van der Waals surface area contributed by atoms with Crippen LogP contribution in [0, 0.1) is 38.9 Å². The molecule has 4 rings (SSSR count). The summed E-state index contributed by atoms with van der Waals surface area (Å²) >= 11 is 0. The van der Waals surface area contributed by atoms with Gasteiger partial charge in [0.05, 0.1) is 0 Å². The quantitative estimate of drug-likeness (QED) is 0.419. The number of hydrogen-bond acceptors (Lipinski definition) is 2. The number of carboxylic acid groups (broad SMARTS) is 1. The predicted molar refractivity (Wildman–Crippen MR) is 138 cm³/mol. The second-order valence-corrected chi connectivity index (χ2v) is 13.5. The Bertz CT molecular complexity index is 996. The number of hydrogen-bond donors (Lipinski definition) is 1. The molecule has 4 aliphatic rings. The van der Waals surface area contributed by atoms with Crippen molar-refractivity contribution in [2.45, 2.75) is 107 Å². The zero-order chi connectivity index (χ0) is 25.3. The Morgan fingerprint density at radius 3 is 2.32 bits per heavy atom. The lowest BCUT2D eigenvalue weighted by atomic mass is 9.39. The molecule has 3 heteroatoms. The van der Waals surface area contributed by atoms with Crippen LogP contribution in [0.4, 0.5) is 0 Å². The molecular formula is C31H46O3. The van der Waals surface area contributed by atoms with Gasteiger partial charge in [-0.15, -0.1) is 0 Å². The standard InChI is InChI=1S/C31H46O3/c1-20(10-9-11-21(2)26(33)34)22-12-16-29(6)23-14-19-31(8)27(3,4)25(32)15-18-30(31,7)24(23)13-17-28(22,29)5/h11,13-14,20,22H,9-10,12,15-19H2,1-8H3,(H,33,34)/b21-11+/t20-,22-,28-,29+,30-,31+/m1/s1. The van der Waals surface area contributed by atoms with Crippen LogP contribution >= 0.6 is 0 Å². The molecule has 0 radical (unpaired) electrons. The topological polar surface area (TPSA) is 54.4 Å². The number of rotatable bonds is 5. The van der Waals surface area contributed by atoms with Gasteiger partial charge in [0.25, 0.3) is 0 Å². The van der Waals surface area contributed by atoms with Crippen LogP contribution in [0.5, 0.6) is 0 Å². The summed E-state index contributed by atoms with van der Waals surface area (Å²) in [6, 6.07) is 0. The molecule has 1 N–H and O–H groups in total. The van der Waals surface area contributed by atoms with Gasteiger partial charge in [-0.1, -0.05) is 66.7 Å². The van der Waals surface area contributed by atoms with Crippen molar-refractivity contribution in [2.75, 3.05) is 0 Å². The SMILES string of the molecule is C/C(=C\CC[C@@H](C)[C@H]1CC[C@@]2(C)C3=CC[C@@]4(C)C(C)(C)C(=O)CC[C@]4(C)C3=CC[C@]12C)C(=O)O. The van der Waals surface area contributed by atoms with E-state index >= 15 is 0 Å². The molecule has 2 saturated carbocycles. The maximum atomic E-state index is 13.0. The summed E-state index contributed by atoms with van der Waals surface area (Å²) < 4.78 is 0. The van der Waals surface area contributed by atoms with Crippen molar-refractivity contribution >= 4 is 11.8 Å². The lowest BCUT2D eigenvalue weighted by Gasteiger charge is -2.64. The van der Waals surface area contributed by atoms with Crippen molar-refractivity contribution in [3.8, 4) is 0 Å². The highest BCUT2D eigenvalue weighted by molar-refractivity contribution is 5.87. The minimum Gasteiger partial charge on any atom is -0.478 e. The van der Waals surface area contributed by atoms with Crippen molar-refractivity contribution in [3.05, 3.63) is 34.9 Å². The van der Waals surface area contributed by atoms with Crippen LogP contribution in [0.3, 0.4) is 0 Å². The Morgan fingerprint density at radius 2 is 1.68 bits per heavy atom. The molecule has 0 spiro atoms. The van der Waals surface area contributed by atoms with E-state index in [1.165, 1.54) is 12.8 Å². The molecule has 0 unspecified atom stereocenters. The first-order valence-electron chi connectivity index (χ1n) is 13.5. The van der Waals surface area contributed by atoms with Gasteiger partial charge in [-0.3, -0.25) is 4.79 Å². The Kier molecular flexibility index (Phi) is 5.94. The van der Waals surface area contributed by atoms with Crippen LogP contribution in [0.25, 0.3) is 0 Å². The largest absolute Gasteiger partial charge is 0.478 e. The molecule has 0 saturated heterocycles. The Morgan fingerprint density at radius 1 is 1.06 bits per heavy atom. The molecule has 0 amide bonds. The van der Waals surface area contributed by atoms with Crippen molar-refractivity contribution in [1.82, 2.24) is 0 Å². The van der Waals surface area contributed by atoms with Crippen LogP contribution in [0.15, 0.2) is 34.9 Å². The summed E-state index contributed by atoms with van der Waals surface area (Å²) in [5.74, 6) is 0.824. The first-order valence-corrected chi connectivity index (χ1v) is 13.5. The van der Waals surface area contributed by atoms with Crippen LogP contribution in [0.2, 0.25) is 0 Å². The van der Waals surface area contributed by atoms with Gasteiger partial charge >= 0.3 is 5.97 Å². The third-order valence-corrected chi connectivity index (χ3v) is 12.2. The van der Waals surface area contributed by atoms with E-state index in [9.17, 15) is 9.59 Å². The monoisotopic (exact) mass is 466 g/mol. The molecule has 0 aliphatic heterocycles. The Labute approximate surface area is 207 Å². The van der Waals surface area contributed by atoms with E-state index in [2.05, 4.69) is 60.6 Å². The molecule has 0 aromatic heterocycles. The number of carbonyl (C=O) groups is 2. The Hall–Kier alpha value is -1.64. The summed E-state index contributed by atoms with van der Waals surface area (Å²) in [7, 11) is 0. The molecule has 0 bridgehead atoms. The number of allylic oxidation sites excluding steroid dienone is 5. The van der Waals surface area contributed by atoms with E-state index in [0.29, 0.717) is 29.6 Å². The first-order chi connectivity index (χ1) is 15.7. The molecule has 188 valence electrons. The third kappa shape index (κ3) is 3.14. The van der Waals surface area contributed by atoms with E-state index in [4.69, 9.17) is 5.11 Å². The Balaban J connectivity index is 1.65. The smallest absolute Gasteiger partial charge is 0.330 e. The first kappa shape index (κ1) is 25.5. The number of carboxylic acids is 1. The molecule has 0 aromatic carbocycles. The zero-order valence-corrected chi connectivity index (χ0v) is 22.8. The van der Waals surface area contributed by atoms with E-state index in [0.717, 1.165) is 32.1 Å². The maximum absolute atomic E-state index is 13.0. The number of fused-ring (bicyclic) bond motifs is 5. The van der Waals surface area contributed by atoms with Crippen LogP contribution in [0.1, 0.15) is 107 Å². The highest BCUT2D eigenvalue weighted by Crippen LogP contribution is 2.74. The minimum atomic E-state index is -0.810. The summed E-state index contributed by atoms with van der Waals surface area (Å²) in [6.07, 6.45) is 15.1. The van der Waals surface area contributed by atoms with Crippen molar-refractivity contribution in [1.29, 1.82) is 0 Å². The zero-order valence-electron chi connectivity index (χ0n) is 22.8. The summed E-state index contributed by atoms with van der Waals surface area (Å²) in [5.41, 5.74) is 3.67. The number of Topliss-reactive ketones (excluding diaryl/α,β-unsaturated/α-hetero) is 1. The summed E-state index contributed by atoms with van der Waals surface area (Å²) in [5, 5.41) is 9.17. The van der Waals surface area contributed by atoms with Crippen molar-refractivity contribution < 1.29 is 14.7 Å². The van der Waals surface area contributed by atoms with E-state index in [1.807, 2.05) is 6.08 Å². The van der Waals surface area contributed by atoms with Crippen LogP contribution < -0.4 is 0 Å². The average Bonchev–Trinajstić information content (AvgIpc) is 3.04. The van der Waals surface area contributed by atoms with Crippen molar-refractivity contribution in [3.63, 3.8) is 0 Å². The molecule has 0 aromatic rings. The highest BCUT2D eigenvalue weighted by Gasteiger charge is 2.66. The fourth-order valence-corrected chi connectivity index (χ4v) is 8.79. The van der Waals surface area contributed by atoms with Gasteiger partial charge < -0.3 is 5.11 Å². The molecular weight excluding hydrogens is 420 g/mol. The second-order valence-electron chi connectivity index (χ2n) is 13.5. The normalized spacial score (nSPS) is 42.2. The molecule has 3 nitrogen and oxygen atoms in total. The fraction of sp³-hybridized carbons (Fsp3) is 0.742. The van der Waals surface area contributed by atoms with Crippen LogP contribution in [-0.4, -0.2) is 16.9 Å².